The Labute approximate surface area is 151 Å². The fourth-order valence-electron chi connectivity index (χ4n) is 2.21. The standard InChI is InChI=1S/C20H33NO4/c1-14(2)17(21)12-15-8-9-16(19(22)25-20(3,4)5)18(13-15)24-11-7-10-23-6/h8-9,13-14,17H,7,10-12,21H2,1-6H3. The first-order valence-electron chi connectivity index (χ1n) is 8.87. The normalized spacial score (nSPS) is 13.0. The van der Waals surface area contributed by atoms with Crippen molar-refractivity contribution < 1.29 is 19.0 Å². The second-order valence-corrected chi connectivity index (χ2v) is 7.64. The zero-order chi connectivity index (χ0) is 19.0. The van der Waals surface area contributed by atoms with Crippen LogP contribution < -0.4 is 10.5 Å². The van der Waals surface area contributed by atoms with Gasteiger partial charge in [0.2, 0.25) is 0 Å². The summed E-state index contributed by atoms with van der Waals surface area (Å²) in [5, 5.41) is 0. The van der Waals surface area contributed by atoms with E-state index in [9.17, 15) is 4.79 Å². The summed E-state index contributed by atoms with van der Waals surface area (Å²) in [5.41, 5.74) is 7.11. The first kappa shape index (κ1) is 21.5. The molecule has 142 valence electrons. The van der Waals surface area contributed by atoms with E-state index < -0.39 is 5.60 Å². The van der Waals surface area contributed by atoms with Crippen molar-refractivity contribution in [2.24, 2.45) is 11.7 Å². The van der Waals surface area contributed by atoms with Gasteiger partial charge in [-0.25, -0.2) is 4.79 Å². The van der Waals surface area contributed by atoms with E-state index >= 15 is 0 Å². The van der Waals surface area contributed by atoms with Crippen LogP contribution >= 0.6 is 0 Å². The van der Waals surface area contributed by atoms with E-state index in [1.54, 1.807) is 13.2 Å². The van der Waals surface area contributed by atoms with Gasteiger partial charge in [0.05, 0.1) is 6.61 Å². The number of carbonyl (C=O) groups is 1. The third kappa shape index (κ3) is 7.88. The Balaban J connectivity index is 2.98. The molecule has 25 heavy (non-hydrogen) atoms. The number of ether oxygens (including phenoxy) is 3. The Hall–Kier alpha value is -1.59. The van der Waals surface area contributed by atoms with Gasteiger partial charge >= 0.3 is 5.97 Å². The first-order valence-corrected chi connectivity index (χ1v) is 8.87. The third-order valence-corrected chi connectivity index (χ3v) is 3.74. The predicted octanol–water partition coefficient (Wildman–Crippen LogP) is 3.58. The van der Waals surface area contributed by atoms with Gasteiger partial charge in [-0.15, -0.1) is 0 Å². The van der Waals surface area contributed by atoms with Crippen molar-refractivity contribution in [1.29, 1.82) is 0 Å². The van der Waals surface area contributed by atoms with Crippen LogP contribution in [0.3, 0.4) is 0 Å². The summed E-state index contributed by atoms with van der Waals surface area (Å²) in [6, 6.07) is 5.65. The van der Waals surface area contributed by atoms with Gasteiger partial charge in [-0.3, -0.25) is 0 Å². The highest BCUT2D eigenvalue weighted by molar-refractivity contribution is 5.92. The van der Waals surface area contributed by atoms with E-state index in [1.807, 2.05) is 32.9 Å². The molecule has 0 spiro atoms. The second kappa shape index (κ2) is 9.78. The third-order valence-electron chi connectivity index (χ3n) is 3.74. The second-order valence-electron chi connectivity index (χ2n) is 7.64. The minimum Gasteiger partial charge on any atom is -0.493 e. The monoisotopic (exact) mass is 351 g/mol. The molecule has 0 fully saturated rings. The largest absolute Gasteiger partial charge is 0.493 e. The van der Waals surface area contributed by atoms with Crippen LogP contribution in [0.4, 0.5) is 0 Å². The maximum Gasteiger partial charge on any atom is 0.342 e. The van der Waals surface area contributed by atoms with Crippen molar-refractivity contribution >= 4 is 5.97 Å². The molecule has 0 aliphatic heterocycles. The predicted molar refractivity (Wildman–Crippen MR) is 100 cm³/mol. The average Bonchev–Trinajstić information content (AvgIpc) is 2.50. The molecule has 1 atom stereocenters. The van der Waals surface area contributed by atoms with E-state index in [4.69, 9.17) is 19.9 Å². The van der Waals surface area contributed by atoms with Gasteiger partial charge in [-0.1, -0.05) is 19.9 Å². The fraction of sp³-hybridized carbons (Fsp3) is 0.650. The maximum atomic E-state index is 12.5. The Kier molecular flexibility index (Phi) is 8.39. The molecule has 1 aromatic carbocycles. The van der Waals surface area contributed by atoms with Gasteiger partial charge in [0, 0.05) is 26.2 Å². The van der Waals surface area contributed by atoms with Crippen molar-refractivity contribution in [2.45, 2.75) is 59.1 Å². The maximum absolute atomic E-state index is 12.5. The molecule has 0 amide bonds. The summed E-state index contributed by atoms with van der Waals surface area (Å²) >= 11 is 0. The summed E-state index contributed by atoms with van der Waals surface area (Å²) in [7, 11) is 1.65. The number of esters is 1. The van der Waals surface area contributed by atoms with E-state index in [1.165, 1.54) is 0 Å². The van der Waals surface area contributed by atoms with Crippen LogP contribution in [0.5, 0.6) is 5.75 Å². The van der Waals surface area contributed by atoms with Crippen molar-refractivity contribution in [3.05, 3.63) is 29.3 Å². The Morgan fingerprint density at radius 3 is 2.44 bits per heavy atom. The lowest BCUT2D eigenvalue weighted by Gasteiger charge is -2.21. The highest BCUT2D eigenvalue weighted by atomic mass is 16.6. The van der Waals surface area contributed by atoms with Crippen LogP contribution in [0.1, 0.15) is 57.0 Å². The topological polar surface area (TPSA) is 70.8 Å². The van der Waals surface area contributed by atoms with Gasteiger partial charge in [-0.05, 0) is 50.8 Å². The number of nitrogens with two attached hydrogens (primary N) is 1. The molecule has 0 saturated heterocycles. The summed E-state index contributed by atoms with van der Waals surface area (Å²) in [5.74, 6) is 0.546. The van der Waals surface area contributed by atoms with Crippen molar-refractivity contribution in [3.8, 4) is 5.75 Å². The summed E-state index contributed by atoms with van der Waals surface area (Å²) < 4.78 is 16.4. The van der Waals surface area contributed by atoms with Crippen molar-refractivity contribution in [2.75, 3.05) is 20.3 Å². The molecule has 0 bridgehead atoms. The van der Waals surface area contributed by atoms with Gasteiger partial charge in [0.25, 0.3) is 0 Å². The number of carbonyl (C=O) groups excluding carboxylic acids is 1. The molecule has 0 heterocycles. The van der Waals surface area contributed by atoms with Crippen LogP contribution in [0, 0.1) is 5.92 Å². The lowest BCUT2D eigenvalue weighted by Crippen LogP contribution is -2.28. The quantitative estimate of drug-likeness (QED) is 0.544. The molecule has 2 N–H and O–H groups in total. The molecule has 1 aromatic rings. The number of hydrogen-bond acceptors (Lipinski definition) is 5. The van der Waals surface area contributed by atoms with Crippen LogP contribution in [0.2, 0.25) is 0 Å². The zero-order valence-corrected chi connectivity index (χ0v) is 16.4. The number of hydrogen-bond donors (Lipinski definition) is 1. The molecule has 0 saturated carbocycles. The molecular weight excluding hydrogens is 318 g/mol. The summed E-state index contributed by atoms with van der Waals surface area (Å²) in [6.45, 7) is 10.8. The van der Waals surface area contributed by atoms with Crippen molar-refractivity contribution in [3.63, 3.8) is 0 Å². The Bertz CT molecular complexity index is 549. The van der Waals surface area contributed by atoms with Crippen LogP contribution in [0.25, 0.3) is 0 Å². The van der Waals surface area contributed by atoms with Crippen LogP contribution in [-0.2, 0) is 15.9 Å². The van der Waals surface area contributed by atoms with Gasteiger partial charge in [0.15, 0.2) is 0 Å². The van der Waals surface area contributed by atoms with Gasteiger partial charge in [-0.2, -0.15) is 0 Å². The zero-order valence-electron chi connectivity index (χ0n) is 16.4. The van der Waals surface area contributed by atoms with E-state index in [0.29, 0.717) is 30.4 Å². The highest BCUT2D eigenvalue weighted by Crippen LogP contribution is 2.25. The fourth-order valence-corrected chi connectivity index (χ4v) is 2.21. The molecule has 1 unspecified atom stereocenters. The molecule has 0 aliphatic carbocycles. The molecule has 0 aromatic heterocycles. The van der Waals surface area contributed by atoms with Crippen LogP contribution in [0.15, 0.2) is 18.2 Å². The van der Waals surface area contributed by atoms with Gasteiger partial charge < -0.3 is 19.9 Å². The average molecular weight is 351 g/mol. The lowest BCUT2D eigenvalue weighted by atomic mass is 9.96. The minimum absolute atomic E-state index is 0.0636. The number of benzene rings is 1. The molecular formula is C20H33NO4. The molecule has 0 radical (unpaired) electrons. The van der Waals surface area contributed by atoms with Gasteiger partial charge in [0.1, 0.15) is 16.9 Å². The van der Waals surface area contributed by atoms with Crippen LogP contribution in [-0.4, -0.2) is 37.9 Å². The minimum atomic E-state index is -0.553. The number of rotatable bonds is 9. The molecule has 5 heteroatoms. The summed E-state index contributed by atoms with van der Waals surface area (Å²) in [4.78, 5) is 12.5. The lowest BCUT2D eigenvalue weighted by molar-refractivity contribution is 0.00656. The van der Waals surface area contributed by atoms with E-state index in [2.05, 4.69) is 13.8 Å². The number of methoxy groups -OCH3 is 1. The molecule has 1 rings (SSSR count). The smallest absolute Gasteiger partial charge is 0.342 e. The van der Waals surface area contributed by atoms with E-state index in [-0.39, 0.29) is 12.0 Å². The van der Waals surface area contributed by atoms with E-state index in [0.717, 1.165) is 18.4 Å². The first-order chi connectivity index (χ1) is 11.6. The SMILES string of the molecule is COCCCOc1cc(CC(N)C(C)C)ccc1C(=O)OC(C)(C)C. The molecule has 5 nitrogen and oxygen atoms in total. The Morgan fingerprint density at radius 2 is 1.88 bits per heavy atom. The van der Waals surface area contributed by atoms with Crippen molar-refractivity contribution in [1.82, 2.24) is 0 Å². The molecule has 0 aliphatic rings. The summed E-state index contributed by atoms with van der Waals surface area (Å²) in [6.07, 6.45) is 1.49. The Morgan fingerprint density at radius 1 is 1.20 bits per heavy atom. The highest BCUT2D eigenvalue weighted by Gasteiger charge is 2.22.